The van der Waals surface area contributed by atoms with E-state index >= 15 is 0 Å². The fourth-order valence-electron chi connectivity index (χ4n) is 3.88. The molecule has 0 aliphatic carbocycles. The minimum Gasteiger partial charge on any atom is -0.327 e. The normalized spacial score (nSPS) is 20.5. The molecule has 2 aliphatic rings. The van der Waals surface area contributed by atoms with Crippen LogP contribution in [0.1, 0.15) is 46.0 Å². The predicted octanol–water partition coefficient (Wildman–Crippen LogP) is 2.21. The Hall–Kier alpha value is -2.11. The van der Waals surface area contributed by atoms with E-state index in [0.717, 1.165) is 37.4 Å². The monoisotopic (exact) mass is 496 g/mol. The summed E-state index contributed by atoms with van der Waals surface area (Å²) in [4.78, 5) is 38.3. The van der Waals surface area contributed by atoms with Crippen molar-refractivity contribution in [3.63, 3.8) is 0 Å². The van der Waals surface area contributed by atoms with Crippen LogP contribution in [-0.2, 0) is 24.4 Å². The highest BCUT2D eigenvalue weighted by Crippen LogP contribution is 2.24. The van der Waals surface area contributed by atoms with Crippen molar-refractivity contribution in [1.29, 1.82) is 0 Å². The third kappa shape index (κ3) is 6.94. The second-order valence-electron chi connectivity index (χ2n) is 8.74. The summed E-state index contributed by atoms with van der Waals surface area (Å²) in [6.07, 6.45) is 3.57. The van der Waals surface area contributed by atoms with Gasteiger partial charge in [0.1, 0.15) is 6.42 Å². The van der Waals surface area contributed by atoms with Crippen LogP contribution >= 0.6 is 11.8 Å². The first-order chi connectivity index (χ1) is 15.7. The zero-order valence-corrected chi connectivity index (χ0v) is 20.7. The average molecular weight is 497 g/mol. The van der Waals surface area contributed by atoms with Crippen molar-refractivity contribution in [3.8, 4) is 0 Å². The van der Waals surface area contributed by atoms with E-state index in [1.165, 1.54) is 16.4 Å². The maximum atomic E-state index is 13.0. The number of nitrogens with zero attached hydrogens (tertiary/aromatic N) is 2. The molecular weight excluding hydrogens is 464 g/mol. The number of anilines is 1. The highest BCUT2D eigenvalue weighted by molar-refractivity contribution is 8.00. The molecule has 0 spiro atoms. The fraction of sp³-hybridized carbons (Fsp3) is 0.591. The first-order valence-corrected chi connectivity index (χ1v) is 13.8. The quantitative estimate of drug-likeness (QED) is 0.533. The number of amides is 3. The maximum Gasteiger partial charge on any atom is 0.243 e. The molecule has 182 valence electrons. The summed E-state index contributed by atoms with van der Waals surface area (Å²) in [5.74, 6) is -0.743. The van der Waals surface area contributed by atoms with Gasteiger partial charge < -0.3 is 15.5 Å². The highest BCUT2D eigenvalue weighted by atomic mass is 32.2. The molecule has 2 saturated heterocycles. The highest BCUT2D eigenvalue weighted by Gasteiger charge is 2.33. The minimum absolute atomic E-state index is 0.00404. The van der Waals surface area contributed by atoms with E-state index < -0.39 is 15.5 Å². The first-order valence-electron chi connectivity index (χ1n) is 11.3. The molecule has 0 saturated carbocycles. The van der Waals surface area contributed by atoms with Crippen molar-refractivity contribution in [2.75, 3.05) is 30.7 Å². The van der Waals surface area contributed by atoms with Crippen molar-refractivity contribution in [3.05, 3.63) is 24.3 Å². The molecule has 11 heteroatoms. The van der Waals surface area contributed by atoms with E-state index in [9.17, 15) is 22.8 Å². The summed E-state index contributed by atoms with van der Waals surface area (Å²) < 4.78 is 27.6. The first kappa shape index (κ1) is 25.5. The summed E-state index contributed by atoms with van der Waals surface area (Å²) in [5, 5.41) is 5.48. The molecule has 0 unspecified atom stereocenters. The van der Waals surface area contributed by atoms with Crippen LogP contribution in [0.3, 0.4) is 0 Å². The van der Waals surface area contributed by atoms with Gasteiger partial charge in [0.15, 0.2) is 5.50 Å². The molecule has 0 bridgehead atoms. The number of hydrogen-bond donors (Lipinski definition) is 2. The van der Waals surface area contributed by atoms with Gasteiger partial charge in [-0.2, -0.15) is 4.31 Å². The fourth-order valence-corrected chi connectivity index (χ4v) is 6.42. The number of carbonyl (C=O) groups is 3. The van der Waals surface area contributed by atoms with Gasteiger partial charge in [0.05, 0.1) is 10.6 Å². The summed E-state index contributed by atoms with van der Waals surface area (Å²) in [6.45, 7) is 5.45. The van der Waals surface area contributed by atoms with Crippen LogP contribution in [-0.4, -0.2) is 66.2 Å². The maximum absolute atomic E-state index is 13.0. The number of carbonyl (C=O) groups excluding carboxylic acids is 3. The van der Waals surface area contributed by atoms with Gasteiger partial charge in [-0.25, -0.2) is 8.42 Å². The van der Waals surface area contributed by atoms with Crippen LogP contribution in [0, 0.1) is 5.92 Å². The second kappa shape index (κ2) is 11.3. The van der Waals surface area contributed by atoms with Crippen LogP contribution in [0.5, 0.6) is 0 Å². The molecule has 2 aliphatic heterocycles. The summed E-state index contributed by atoms with van der Waals surface area (Å²) in [5.41, 5.74) is -0.221. The zero-order valence-electron chi connectivity index (χ0n) is 19.1. The third-order valence-electron chi connectivity index (χ3n) is 5.45. The van der Waals surface area contributed by atoms with E-state index in [4.69, 9.17) is 0 Å². The molecule has 1 aromatic carbocycles. The van der Waals surface area contributed by atoms with E-state index in [2.05, 4.69) is 10.6 Å². The van der Waals surface area contributed by atoms with Gasteiger partial charge in [0, 0.05) is 25.3 Å². The molecule has 0 aromatic heterocycles. The lowest BCUT2D eigenvalue weighted by Gasteiger charge is -2.36. The number of benzene rings is 1. The molecule has 2 N–H and O–H groups in total. The van der Waals surface area contributed by atoms with Crippen molar-refractivity contribution in [2.24, 2.45) is 5.92 Å². The van der Waals surface area contributed by atoms with Gasteiger partial charge in [-0.05, 0) is 37.0 Å². The Morgan fingerprint density at radius 1 is 1.18 bits per heavy atom. The molecule has 3 amide bonds. The van der Waals surface area contributed by atoms with Crippen LogP contribution in [0.25, 0.3) is 0 Å². The Bertz CT molecular complexity index is 975. The Morgan fingerprint density at radius 3 is 2.55 bits per heavy atom. The van der Waals surface area contributed by atoms with Crippen LogP contribution < -0.4 is 10.6 Å². The molecule has 2 fully saturated rings. The van der Waals surface area contributed by atoms with E-state index in [-0.39, 0.29) is 40.7 Å². The van der Waals surface area contributed by atoms with Crippen LogP contribution in [0.2, 0.25) is 0 Å². The Morgan fingerprint density at radius 2 is 1.88 bits per heavy atom. The van der Waals surface area contributed by atoms with E-state index in [1.807, 2.05) is 13.8 Å². The van der Waals surface area contributed by atoms with Crippen LogP contribution in [0.15, 0.2) is 29.2 Å². The van der Waals surface area contributed by atoms with Gasteiger partial charge >= 0.3 is 0 Å². The van der Waals surface area contributed by atoms with E-state index in [0.29, 0.717) is 25.3 Å². The largest absolute Gasteiger partial charge is 0.327 e. The predicted molar refractivity (Wildman–Crippen MR) is 128 cm³/mol. The molecule has 9 nitrogen and oxygen atoms in total. The standard InChI is InChI=1S/C22H32N4O5S2/c1-16(2)14-26-21(29)13-19(27)24-22(26)32-15-20(28)23-17-8-7-9-18(12-17)33(30,31)25-10-5-3-4-6-11-25/h7-9,12,16,22H,3-6,10-11,13-15H2,1-2H3,(H,23,28)(H,24,27)/t22-/m0/s1. The smallest absolute Gasteiger partial charge is 0.243 e. The zero-order chi connectivity index (χ0) is 24.0. The van der Waals surface area contributed by atoms with Crippen molar-refractivity contribution >= 4 is 45.2 Å². The van der Waals surface area contributed by atoms with Gasteiger partial charge in [-0.15, -0.1) is 11.8 Å². The van der Waals surface area contributed by atoms with Crippen molar-refractivity contribution in [2.45, 2.75) is 56.3 Å². The lowest BCUT2D eigenvalue weighted by Crippen LogP contribution is -2.56. The molecule has 1 atom stereocenters. The lowest BCUT2D eigenvalue weighted by molar-refractivity contribution is -0.142. The summed E-state index contributed by atoms with van der Waals surface area (Å²) in [6, 6.07) is 6.26. The lowest BCUT2D eigenvalue weighted by atomic mass is 10.2. The molecular formula is C22H32N4O5S2. The summed E-state index contributed by atoms with van der Waals surface area (Å²) >= 11 is 1.15. The number of sulfonamides is 1. The Kier molecular flexibility index (Phi) is 8.77. The number of rotatable bonds is 8. The molecule has 33 heavy (non-hydrogen) atoms. The van der Waals surface area contributed by atoms with Crippen LogP contribution in [0.4, 0.5) is 5.69 Å². The molecule has 1 aromatic rings. The van der Waals surface area contributed by atoms with Gasteiger partial charge in [-0.1, -0.05) is 32.8 Å². The second-order valence-corrected chi connectivity index (χ2v) is 11.7. The van der Waals surface area contributed by atoms with Gasteiger partial charge in [0.25, 0.3) is 0 Å². The average Bonchev–Trinajstić information content (AvgIpc) is 3.04. The topological polar surface area (TPSA) is 116 Å². The van der Waals surface area contributed by atoms with Gasteiger partial charge in [0.2, 0.25) is 27.7 Å². The van der Waals surface area contributed by atoms with E-state index in [1.54, 1.807) is 17.0 Å². The Labute approximate surface area is 199 Å². The number of hydrogen-bond acceptors (Lipinski definition) is 6. The molecule has 0 radical (unpaired) electrons. The van der Waals surface area contributed by atoms with Crippen molar-refractivity contribution in [1.82, 2.24) is 14.5 Å². The Balaban J connectivity index is 1.62. The number of nitrogens with one attached hydrogen (secondary N) is 2. The van der Waals surface area contributed by atoms with Gasteiger partial charge in [-0.3, -0.25) is 14.4 Å². The summed E-state index contributed by atoms with van der Waals surface area (Å²) in [7, 11) is -3.62. The van der Waals surface area contributed by atoms with Crippen molar-refractivity contribution < 1.29 is 22.8 Å². The minimum atomic E-state index is -3.62. The number of thioether (sulfide) groups is 1. The molecule has 3 rings (SSSR count). The SMILES string of the molecule is CC(C)CN1C(=O)CC(=O)N[C@@H]1SCC(=O)Nc1cccc(S(=O)(=O)N2CCCCCC2)c1. The molecule has 2 heterocycles. The third-order valence-corrected chi connectivity index (χ3v) is 8.47.